The number of amides is 1. The van der Waals surface area contributed by atoms with Crippen LogP contribution in [0.4, 0.5) is 0 Å². The first-order chi connectivity index (χ1) is 11.6. The van der Waals surface area contributed by atoms with Crippen molar-refractivity contribution < 1.29 is 14.7 Å². The molecule has 1 aliphatic rings. The fourth-order valence-corrected chi connectivity index (χ4v) is 3.38. The molecule has 1 N–H and O–H groups in total. The quantitative estimate of drug-likeness (QED) is 0.883. The molecule has 1 aliphatic heterocycles. The normalized spacial score (nSPS) is 20.5. The minimum Gasteiger partial charge on any atom is -0.481 e. The Bertz CT molecular complexity index is 727. The minimum atomic E-state index is -0.910. The summed E-state index contributed by atoms with van der Waals surface area (Å²) in [5.41, 5.74) is 1.96. The third-order valence-electron chi connectivity index (χ3n) is 4.51. The summed E-state index contributed by atoms with van der Waals surface area (Å²) in [6.45, 7) is 3.26. The summed E-state index contributed by atoms with van der Waals surface area (Å²) < 4.78 is 1.96. The molecule has 1 amide bonds. The molecular formula is C18H21N3O3. The van der Waals surface area contributed by atoms with Crippen LogP contribution in [0.3, 0.4) is 0 Å². The Morgan fingerprint density at radius 3 is 2.88 bits per heavy atom. The molecule has 2 heterocycles. The fraction of sp³-hybridized carbons (Fsp3) is 0.389. The van der Waals surface area contributed by atoms with E-state index in [4.69, 9.17) is 0 Å². The van der Waals surface area contributed by atoms with Crippen LogP contribution in [0, 0.1) is 12.8 Å². The number of carbonyl (C=O) groups is 2. The van der Waals surface area contributed by atoms with Crippen molar-refractivity contribution >= 4 is 11.9 Å². The molecule has 1 fully saturated rings. The number of carboxylic acids is 1. The number of nitrogens with zero attached hydrogens (tertiary/aromatic N) is 3. The van der Waals surface area contributed by atoms with Crippen molar-refractivity contribution in [2.24, 2.45) is 5.92 Å². The van der Waals surface area contributed by atoms with Crippen molar-refractivity contribution in [3.63, 3.8) is 0 Å². The van der Waals surface area contributed by atoms with Gasteiger partial charge in [-0.3, -0.25) is 9.59 Å². The first-order valence-electron chi connectivity index (χ1n) is 8.11. The van der Waals surface area contributed by atoms with E-state index < -0.39 is 17.9 Å². The lowest BCUT2D eigenvalue weighted by molar-refractivity contribution is -0.142. The fourth-order valence-electron chi connectivity index (χ4n) is 3.38. The minimum absolute atomic E-state index is 0.0685. The van der Waals surface area contributed by atoms with Crippen LogP contribution in [0.25, 0.3) is 0 Å². The number of aryl methyl sites for hydroxylation is 2. The van der Waals surface area contributed by atoms with Gasteiger partial charge in [0.25, 0.3) is 0 Å². The molecule has 0 saturated carbocycles. The zero-order chi connectivity index (χ0) is 17.1. The maximum Gasteiger partial charge on any atom is 0.309 e. The van der Waals surface area contributed by atoms with Crippen LogP contribution in [0.5, 0.6) is 0 Å². The summed E-state index contributed by atoms with van der Waals surface area (Å²) in [5, 5.41) is 9.53. The zero-order valence-electron chi connectivity index (χ0n) is 13.6. The topological polar surface area (TPSA) is 75.4 Å². The van der Waals surface area contributed by atoms with Gasteiger partial charge in [0.1, 0.15) is 0 Å². The maximum atomic E-state index is 12.4. The summed E-state index contributed by atoms with van der Waals surface area (Å²) in [5.74, 6) is -1.68. The number of likely N-dealkylation sites (tertiary alicyclic amines) is 1. The Labute approximate surface area is 140 Å². The van der Waals surface area contributed by atoms with Crippen molar-refractivity contribution in [1.82, 2.24) is 14.5 Å². The molecule has 0 radical (unpaired) electrons. The third-order valence-corrected chi connectivity index (χ3v) is 4.51. The molecular weight excluding hydrogens is 306 g/mol. The van der Waals surface area contributed by atoms with Gasteiger partial charge < -0.3 is 14.6 Å². The predicted octanol–water partition coefficient (Wildman–Crippen LogP) is 2.26. The predicted molar refractivity (Wildman–Crippen MR) is 88.2 cm³/mol. The van der Waals surface area contributed by atoms with Gasteiger partial charge in [-0.05, 0) is 18.9 Å². The van der Waals surface area contributed by atoms with Gasteiger partial charge >= 0.3 is 5.97 Å². The van der Waals surface area contributed by atoms with E-state index in [1.165, 1.54) is 0 Å². The van der Waals surface area contributed by atoms with Gasteiger partial charge in [0.2, 0.25) is 5.91 Å². The van der Waals surface area contributed by atoms with Gasteiger partial charge in [0.05, 0.1) is 18.3 Å². The molecule has 1 aromatic heterocycles. The molecule has 2 aromatic rings. The Hall–Kier alpha value is -2.63. The van der Waals surface area contributed by atoms with Crippen LogP contribution < -0.4 is 0 Å². The van der Waals surface area contributed by atoms with E-state index in [0.717, 1.165) is 24.1 Å². The van der Waals surface area contributed by atoms with Crippen molar-refractivity contribution in [1.29, 1.82) is 0 Å². The smallest absolute Gasteiger partial charge is 0.309 e. The van der Waals surface area contributed by atoms with Crippen LogP contribution in [-0.2, 0) is 16.1 Å². The van der Waals surface area contributed by atoms with Crippen molar-refractivity contribution in [2.75, 3.05) is 6.54 Å². The highest BCUT2D eigenvalue weighted by Crippen LogP contribution is 2.38. The Kier molecular flexibility index (Phi) is 4.64. The molecule has 2 unspecified atom stereocenters. The molecule has 0 spiro atoms. The number of imidazole rings is 1. The lowest BCUT2D eigenvalue weighted by Gasteiger charge is -2.27. The lowest BCUT2D eigenvalue weighted by atomic mass is 9.93. The molecule has 6 heteroatoms. The number of hydrogen-bond donors (Lipinski definition) is 1. The van der Waals surface area contributed by atoms with Crippen LogP contribution in [0.1, 0.15) is 30.0 Å². The van der Waals surface area contributed by atoms with Crippen LogP contribution in [0.2, 0.25) is 0 Å². The highest BCUT2D eigenvalue weighted by molar-refractivity contribution is 5.87. The standard InChI is InChI=1S/C18H21N3O3/c1-13-4-2-5-14(10-13)17-15(18(23)24)11-16(22)21(17)8-3-7-20-9-6-19-12-20/h2,4-6,9-10,12,15,17H,3,7-8,11H2,1H3,(H,23,24). The SMILES string of the molecule is Cc1cccc(C2C(C(=O)O)CC(=O)N2CCCn2ccnc2)c1. The second-order valence-electron chi connectivity index (χ2n) is 6.25. The van der Waals surface area contributed by atoms with E-state index in [0.29, 0.717) is 6.54 Å². The van der Waals surface area contributed by atoms with E-state index in [9.17, 15) is 14.7 Å². The summed E-state index contributed by atoms with van der Waals surface area (Å²) >= 11 is 0. The average molecular weight is 327 g/mol. The first kappa shape index (κ1) is 16.2. The number of benzene rings is 1. The zero-order valence-corrected chi connectivity index (χ0v) is 13.6. The summed E-state index contributed by atoms with van der Waals surface area (Å²) in [6, 6.07) is 7.38. The molecule has 3 rings (SSSR count). The van der Waals surface area contributed by atoms with Crippen molar-refractivity contribution in [3.05, 3.63) is 54.1 Å². The van der Waals surface area contributed by atoms with Gasteiger partial charge in [0, 0.05) is 31.9 Å². The van der Waals surface area contributed by atoms with E-state index >= 15 is 0 Å². The third kappa shape index (κ3) is 3.32. The molecule has 0 bridgehead atoms. The number of carboxylic acid groups (broad SMARTS) is 1. The van der Waals surface area contributed by atoms with E-state index in [1.54, 1.807) is 17.4 Å². The average Bonchev–Trinajstić information content (AvgIpc) is 3.16. The molecule has 2 atom stereocenters. The van der Waals surface area contributed by atoms with E-state index in [-0.39, 0.29) is 12.3 Å². The van der Waals surface area contributed by atoms with Gasteiger partial charge in [-0.2, -0.15) is 0 Å². The Balaban J connectivity index is 1.78. The second-order valence-corrected chi connectivity index (χ2v) is 6.25. The van der Waals surface area contributed by atoms with E-state index in [2.05, 4.69) is 4.98 Å². The first-order valence-corrected chi connectivity index (χ1v) is 8.11. The second kappa shape index (κ2) is 6.86. The largest absolute Gasteiger partial charge is 0.481 e. The number of aliphatic carboxylic acids is 1. The number of rotatable bonds is 6. The molecule has 6 nitrogen and oxygen atoms in total. The highest BCUT2D eigenvalue weighted by Gasteiger charge is 2.44. The van der Waals surface area contributed by atoms with Gasteiger partial charge in [-0.15, -0.1) is 0 Å². The van der Waals surface area contributed by atoms with Gasteiger partial charge in [0.15, 0.2) is 0 Å². The van der Waals surface area contributed by atoms with Gasteiger partial charge in [-0.25, -0.2) is 4.98 Å². The van der Waals surface area contributed by atoms with E-state index in [1.807, 2.05) is 42.0 Å². The highest BCUT2D eigenvalue weighted by atomic mass is 16.4. The Morgan fingerprint density at radius 1 is 1.38 bits per heavy atom. The molecule has 24 heavy (non-hydrogen) atoms. The molecule has 0 aliphatic carbocycles. The maximum absolute atomic E-state index is 12.4. The number of hydrogen-bond acceptors (Lipinski definition) is 3. The Morgan fingerprint density at radius 2 is 2.21 bits per heavy atom. The lowest BCUT2D eigenvalue weighted by Crippen LogP contribution is -2.32. The molecule has 126 valence electrons. The number of aromatic nitrogens is 2. The van der Waals surface area contributed by atoms with Gasteiger partial charge in [-0.1, -0.05) is 29.8 Å². The molecule has 1 aromatic carbocycles. The summed E-state index contributed by atoms with van der Waals surface area (Å²) in [6.07, 6.45) is 6.17. The number of carbonyl (C=O) groups excluding carboxylic acids is 1. The monoisotopic (exact) mass is 327 g/mol. The summed E-state index contributed by atoms with van der Waals surface area (Å²) in [4.78, 5) is 29.8. The van der Waals surface area contributed by atoms with Crippen LogP contribution >= 0.6 is 0 Å². The van der Waals surface area contributed by atoms with Crippen molar-refractivity contribution in [3.8, 4) is 0 Å². The summed E-state index contributed by atoms with van der Waals surface area (Å²) in [7, 11) is 0. The van der Waals surface area contributed by atoms with Crippen LogP contribution in [0.15, 0.2) is 43.0 Å². The molecule has 1 saturated heterocycles. The van der Waals surface area contributed by atoms with Crippen molar-refractivity contribution in [2.45, 2.75) is 32.4 Å². The van der Waals surface area contributed by atoms with Crippen LogP contribution in [-0.4, -0.2) is 38.0 Å².